The van der Waals surface area contributed by atoms with Crippen LogP contribution in [0.15, 0.2) is 24.4 Å². The molecule has 0 radical (unpaired) electrons. The summed E-state index contributed by atoms with van der Waals surface area (Å²) in [6.07, 6.45) is 11.1. The van der Waals surface area contributed by atoms with Gasteiger partial charge in [0.05, 0.1) is 12.1 Å². The molecular formula is C24H28N4O2. The zero-order chi connectivity index (χ0) is 20.1. The monoisotopic (exact) mass is 404 g/mol. The number of imidazole rings is 1. The van der Waals surface area contributed by atoms with Crippen molar-refractivity contribution in [1.29, 1.82) is 0 Å². The molecule has 5 saturated carbocycles. The van der Waals surface area contributed by atoms with Gasteiger partial charge in [0, 0.05) is 18.8 Å². The van der Waals surface area contributed by atoms with Gasteiger partial charge in [-0.3, -0.25) is 14.0 Å². The predicted molar refractivity (Wildman–Crippen MR) is 111 cm³/mol. The van der Waals surface area contributed by atoms with Crippen molar-refractivity contribution in [2.24, 2.45) is 28.6 Å². The number of aromatic nitrogens is 2. The summed E-state index contributed by atoms with van der Waals surface area (Å²) >= 11 is 0. The van der Waals surface area contributed by atoms with Crippen molar-refractivity contribution in [2.45, 2.75) is 57.4 Å². The van der Waals surface area contributed by atoms with Crippen LogP contribution in [0.25, 0.3) is 5.65 Å². The molecule has 0 aliphatic heterocycles. The van der Waals surface area contributed by atoms with E-state index in [1.165, 1.54) is 32.1 Å². The van der Waals surface area contributed by atoms with Gasteiger partial charge in [-0.05, 0) is 85.7 Å². The molecule has 0 aromatic carbocycles. The summed E-state index contributed by atoms with van der Waals surface area (Å²) in [4.78, 5) is 29.8. The molecule has 2 bridgehead atoms. The van der Waals surface area contributed by atoms with Crippen LogP contribution < -0.4 is 10.6 Å². The van der Waals surface area contributed by atoms with Gasteiger partial charge in [-0.15, -0.1) is 0 Å². The summed E-state index contributed by atoms with van der Waals surface area (Å²) in [6, 6.07) is 5.96. The number of pyridine rings is 1. The van der Waals surface area contributed by atoms with Gasteiger partial charge in [-0.2, -0.15) is 0 Å². The first kappa shape index (κ1) is 17.3. The van der Waals surface area contributed by atoms with Crippen LogP contribution in [0.3, 0.4) is 0 Å². The molecule has 5 fully saturated rings. The van der Waals surface area contributed by atoms with Crippen LogP contribution >= 0.6 is 0 Å². The molecule has 0 saturated heterocycles. The molecule has 1 spiro atoms. The van der Waals surface area contributed by atoms with Crippen LogP contribution in [0, 0.1) is 28.6 Å². The highest BCUT2D eigenvalue weighted by molar-refractivity contribution is 5.93. The number of hydrogen-bond donors (Lipinski definition) is 2. The average Bonchev–Trinajstić information content (AvgIpc) is 3.66. The van der Waals surface area contributed by atoms with Crippen molar-refractivity contribution in [1.82, 2.24) is 20.0 Å². The van der Waals surface area contributed by atoms with Gasteiger partial charge in [0.1, 0.15) is 11.3 Å². The first-order chi connectivity index (χ1) is 14.5. The van der Waals surface area contributed by atoms with E-state index in [4.69, 9.17) is 0 Å². The third-order valence-corrected chi connectivity index (χ3v) is 8.70. The average molecular weight is 405 g/mol. The molecule has 156 valence electrons. The number of carbonyl (C=O) groups is 2. The quantitative estimate of drug-likeness (QED) is 0.777. The highest BCUT2D eigenvalue weighted by Crippen LogP contribution is 2.83. The van der Waals surface area contributed by atoms with Gasteiger partial charge in [0.2, 0.25) is 5.91 Å². The van der Waals surface area contributed by atoms with Crippen LogP contribution in [0.5, 0.6) is 0 Å². The third kappa shape index (κ3) is 2.58. The minimum Gasteiger partial charge on any atom is -0.353 e. The maximum atomic E-state index is 13.1. The molecule has 2 aromatic rings. The summed E-state index contributed by atoms with van der Waals surface area (Å²) < 4.78 is 1.83. The largest absolute Gasteiger partial charge is 0.353 e. The standard InChI is InChI=1S/C24H28N4O2/c29-21(27-16-4-5-16)7-17-11-28-19(2-1-3-20(28)26-17)22(30)25-13-23-8-14-6-18(14)24(12-23)10-15(24)9-23/h1-3,11,14-16,18H,4-10,12-13H2,(H,25,30)(H,27,29)/t14?,15?,18-,23?,24?/m0/s1. The van der Waals surface area contributed by atoms with E-state index in [2.05, 4.69) is 15.6 Å². The lowest BCUT2D eigenvalue weighted by molar-refractivity contribution is -0.120. The van der Waals surface area contributed by atoms with E-state index in [1.807, 2.05) is 28.8 Å². The van der Waals surface area contributed by atoms with Crippen LogP contribution in [-0.2, 0) is 11.2 Å². The molecule has 2 heterocycles. The fourth-order valence-corrected chi connectivity index (χ4v) is 7.23. The number of carbonyl (C=O) groups excluding carboxylic acids is 2. The predicted octanol–water partition coefficient (Wildman–Crippen LogP) is 2.71. The first-order valence-corrected chi connectivity index (χ1v) is 11.6. The second kappa shape index (κ2) is 5.65. The maximum Gasteiger partial charge on any atom is 0.268 e. The Morgan fingerprint density at radius 2 is 2.10 bits per heavy atom. The van der Waals surface area contributed by atoms with Crippen LogP contribution in [0.4, 0.5) is 0 Å². The molecule has 6 nitrogen and oxygen atoms in total. The molecule has 4 unspecified atom stereocenters. The van der Waals surface area contributed by atoms with Gasteiger partial charge in [-0.25, -0.2) is 4.98 Å². The Bertz CT molecular complexity index is 1080. The summed E-state index contributed by atoms with van der Waals surface area (Å²) in [5.74, 6) is 2.87. The molecule has 2 N–H and O–H groups in total. The van der Waals surface area contributed by atoms with Crippen LogP contribution in [-0.4, -0.2) is 33.8 Å². The van der Waals surface area contributed by atoms with Crippen molar-refractivity contribution in [3.63, 3.8) is 0 Å². The van der Waals surface area contributed by atoms with E-state index in [1.54, 1.807) is 0 Å². The van der Waals surface area contributed by atoms with Gasteiger partial charge in [0.25, 0.3) is 5.91 Å². The summed E-state index contributed by atoms with van der Waals surface area (Å²) in [5, 5.41) is 6.27. The Hall–Kier alpha value is -2.37. The summed E-state index contributed by atoms with van der Waals surface area (Å²) in [5.41, 5.74) is 3.04. The van der Waals surface area contributed by atoms with Crippen LogP contribution in [0.2, 0.25) is 0 Å². The van der Waals surface area contributed by atoms with E-state index in [-0.39, 0.29) is 18.2 Å². The van der Waals surface area contributed by atoms with E-state index in [0.717, 1.165) is 42.8 Å². The number of rotatable bonds is 6. The summed E-state index contributed by atoms with van der Waals surface area (Å²) in [7, 11) is 0. The lowest BCUT2D eigenvalue weighted by atomic mass is 9.71. The number of nitrogens with one attached hydrogen (secondary N) is 2. The number of amides is 2. The van der Waals surface area contributed by atoms with Crippen molar-refractivity contribution >= 4 is 17.5 Å². The molecule has 6 heteroatoms. The lowest BCUT2D eigenvalue weighted by Gasteiger charge is -2.36. The number of hydrogen-bond acceptors (Lipinski definition) is 3. The van der Waals surface area contributed by atoms with E-state index in [0.29, 0.717) is 28.3 Å². The Morgan fingerprint density at radius 3 is 2.97 bits per heavy atom. The highest BCUT2D eigenvalue weighted by atomic mass is 16.2. The fraction of sp³-hybridized carbons (Fsp3) is 0.625. The van der Waals surface area contributed by atoms with Gasteiger partial charge >= 0.3 is 0 Å². The number of fused-ring (bicyclic) bond motifs is 3. The molecule has 2 aromatic heterocycles. The fourth-order valence-electron chi connectivity index (χ4n) is 7.23. The maximum absolute atomic E-state index is 13.1. The Morgan fingerprint density at radius 1 is 1.20 bits per heavy atom. The number of nitrogens with zero attached hydrogens (tertiary/aromatic N) is 2. The van der Waals surface area contributed by atoms with Crippen molar-refractivity contribution in [3.05, 3.63) is 35.8 Å². The molecule has 5 atom stereocenters. The smallest absolute Gasteiger partial charge is 0.268 e. The Kier molecular flexibility index (Phi) is 3.26. The molecule has 5 aliphatic rings. The highest BCUT2D eigenvalue weighted by Gasteiger charge is 2.76. The van der Waals surface area contributed by atoms with Crippen molar-refractivity contribution < 1.29 is 9.59 Å². The second-order valence-corrected chi connectivity index (χ2v) is 10.9. The van der Waals surface area contributed by atoms with Crippen molar-refractivity contribution in [2.75, 3.05) is 6.54 Å². The van der Waals surface area contributed by atoms with Gasteiger partial charge in [0.15, 0.2) is 0 Å². The zero-order valence-corrected chi connectivity index (χ0v) is 17.2. The SMILES string of the molecule is O=C(Cc1cn2c(C(=O)NCC34CC5C[C@@H]5C5(CC5C3)C4)cccc2n1)NC1CC1. The van der Waals surface area contributed by atoms with E-state index < -0.39 is 0 Å². The molecule has 2 amide bonds. The van der Waals surface area contributed by atoms with Crippen LogP contribution in [0.1, 0.15) is 61.1 Å². The topological polar surface area (TPSA) is 75.5 Å². The molecule has 5 aliphatic carbocycles. The normalized spacial score (nSPS) is 37.4. The third-order valence-electron chi connectivity index (χ3n) is 8.70. The van der Waals surface area contributed by atoms with E-state index >= 15 is 0 Å². The lowest BCUT2D eigenvalue weighted by Crippen LogP contribution is -2.40. The van der Waals surface area contributed by atoms with Gasteiger partial charge < -0.3 is 10.6 Å². The zero-order valence-electron chi connectivity index (χ0n) is 17.2. The Labute approximate surface area is 175 Å². The van der Waals surface area contributed by atoms with Gasteiger partial charge in [-0.1, -0.05) is 6.07 Å². The minimum absolute atomic E-state index is 0.00964. The molecule has 7 rings (SSSR count). The molecule has 30 heavy (non-hydrogen) atoms. The first-order valence-electron chi connectivity index (χ1n) is 11.6. The molecular weight excluding hydrogens is 376 g/mol. The second-order valence-electron chi connectivity index (χ2n) is 10.9. The van der Waals surface area contributed by atoms with E-state index in [9.17, 15) is 9.59 Å². The summed E-state index contributed by atoms with van der Waals surface area (Å²) in [6.45, 7) is 0.801. The Balaban J connectivity index is 1.07. The van der Waals surface area contributed by atoms with Crippen molar-refractivity contribution in [3.8, 4) is 0 Å². The minimum atomic E-state index is -0.0334.